The van der Waals surface area contributed by atoms with Crippen LogP contribution >= 0.6 is 11.8 Å². The summed E-state index contributed by atoms with van der Waals surface area (Å²) in [5.41, 5.74) is 5.22. The minimum Gasteiger partial charge on any atom is -0.325 e. The summed E-state index contributed by atoms with van der Waals surface area (Å²) in [4.78, 5) is 12.7. The van der Waals surface area contributed by atoms with Crippen LogP contribution in [0.15, 0.2) is 65.8 Å². The molecule has 4 aromatic rings. The summed E-state index contributed by atoms with van der Waals surface area (Å²) in [5, 5.41) is 12.0. The monoisotopic (exact) mass is 464 g/mol. The minimum absolute atomic E-state index is 0.107. The summed E-state index contributed by atoms with van der Waals surface area (Å²) in [6.45, 7) is 5.94. The first-order chi connectivity index (χ1) is 15.8. The van der Waals surface area contributed by atoms with Crippen molar-refractivity contribution >= 4 is 23.4 Å². The average Bonchev–Trinajstić information content (AvgIpc) is 3.20. The van der Waals surface area contributed by atoms with Crippen LogP contribution in [0.4, 0.5) is 14.5 Å². The van der Waals surface area contributed by atoms with Gasteiger partial charge in [-0.25, -0.2) is 8.78 Å². The third-order valence-electron chi connectivity index (χ3n) is 5.09. The third kappa shape index (κ3) is 5.12. The van der Waals surface area contributed by atoms with E-state index < -0.39 is 0 Å². The Morgan fingerprint density at radius 3 is 2.09 bits per heavy atom. The zero-order valence-corrected chi connectivity index (χ0v) is 19.2. The second kappa shape index (κ2) is 9.54. The number of nitrogens with one attached hydrogen (secondary N) is 1. The Balaban J connectivity index is 1.60. The highest BCUT2D eigenvalue weighted by Gasteiger charge is 2.18. The first-order valence-corrected chi connectivity index (χ1v) is 11.3. The van der Waals surface area contributed by atoms with Gasteiger partial charge in [-0.05, 0) is 80.4 Å². The lowest BCUT2D eigenvalue weighted by atomic mass is 10.1. The first kappa shape index (κ1) is 22.7. The maximum atomic E-state index is 13.5. The molecule has 1 heterocycles. The van der Waals surface area contributed by atoms with Gasteiger partial charge in [0.1, 0.15) is 11.6 Å². The number of carbonyl (C=O) groups is 1. The number of amides is 1. The van der Waals surface area contributed by atoms with Crippen LogP contribution in [0.25, 0.3) is 17.1 Å². The molecule has 0 saturated heterocycles. The van der Waals surface area contributed by atoms with Crippen molar-refractivity contribution in [3.63, 3.8) is 0 Å². The molecule has 0 unspecified atom stereocenters. The van der Waals surface area contributed by atoms with E-state index in [1.807, 2.05) is 32.9 Å². The Morgan fingerprint density at radius 2 is 1.48 bits per heavy atom. The molecule has 3 aromatic carbocycles. The van der Waals surface area contributed by atoms with Crippen LogP contribution < -0.4 is 5.32 Å². The van der Waals surface area contributed by atoms with E-state index >= 15 is 0 Å². The number of benzene rings is 3. The molecule has 168 valence electrons. The fourth-order valence-electron chi connectivity index (χ4n) is 3.66. The van der Waals surface area contributed by atoms with Crippen LogP contribution in [-0.2, 0) is 4.79 Å². The quantitative estimate of drug-likeness (QED) is 0.363. The number of aryl methyl sites for hydroxylation is 3. The summed E-state index contributed by atoms with van der Waals surface area (Å²) in [6, 6.07) is 15.8. The summed E-state index contributed by atoms with van der Waals surface area (Å²) < 4.78 is 28.6. The standard InChI is InChI=1S/C25H22F2N4OS/c1-15-12-16(2)23(17(3)13-15)28-22(32)14-33-25-30-29-24(18-4-6-19(26)7-5-18)31(25)21-10-8-20(27)9-11-21/h4-13H,14H2,1-3H3,(H,28,32). The third-order valence-corrected chi connectivity index (χ3v) is 6.02. The van der Waals surface area contributed by atoms with Gasteiger partial charge < -0.3 is 5.32 Å². The summed E-state index contributed by atoms with van der Waals surface area (Å²) in [5.74, 6) is -0.330. The van der Waals surface area contributed by atoms with Crippen LogP contribution in [0.2, 0.25) is 0 Å². The van der Waals surface area contributed by atoms with Gasteiger partial charge in [0.2, 0.25) is 5.91 Å². The molecule has 0 saturated carbocycles. The molecule has 1 aromatic heterocycles. The number of halogens is 2. The number of nitrogens with zero attached hydrogens (tertiary/aromatic N) is 3. The van der Waals surface area contributed by atoms with Gasteiger partial charge >= 0.3 is 0 Å². The Kier molecular flexibility index (Phi) is 6.55. The molecule has 5 nitrogen and oxygen atoms in total. The van der Waals surface area contributed by atoms with Crippen molar-refractivity contribution in [2.45, 2.75) is 25.9 Å². The van der Waals surface area contributed by atoms with E-state index in [0.717, 1.165) is 22.4 Å². The molecule has 0 aliphatic carbocycles. The highest BCUT2D eigenvalue weighted by atomic mass is 32.2. The van der Waals surface area contributed by atoms with Crippen LogP contribution in [0.5, 0.6) is 0 Å². The number of rotatable bonds is 6. The van der Waals surface area contributed by atoms with Gasteiger partial charge in [0, 0.05) is 16.9 Å². The van der Waals surface area contributed by atoms with Crippen LogP contribution in [0.1, 0.15) is 16.7 Å². The average molecular weight is 465 g/mol. The molecule has 1 N–H and O–H groups in total. The van der Waals surface area contributed by atoms with E-state index in [1.54, 1.807) is 28.8 Å². The molecule has 0 bridgehead atoms. The molecule has 1 amide bonds. The Hall–Kier alpha value is -3.52. The van der Waals surface area contributed by atoms with Gasteiger partial charge in [0.15, 0.2) is 11.0 Å². The van der Waals surface area contributed by atoms with Gasteiger partial charge in [0.05, 0.1) is 5.75 Å². The second-order valence-electron chi connectivity index (χ2n) is 7.74. The summed E-state index contributed by atoms with van der Waals surface area (Å²) >= 11 is 1.22. The van der Waals surface area contributed by atoms with Gasteiger partial charge in [-0.3, -0.25) is 9.36 Å². The Labute approximate surface area is 194 Å². The second-order valence-corrected chi connectivity index (χ2v) is 8.68. The number of aromatic nitrogens is 3. The fraction of sp³-hybridized carbons (Fsp3) is 0.160. The van der Waals surface area contributed by atoms with Crippen molar-refractivity contribution in [3.8, 4) is 17.1 Å². The molecular weight excluding hydrogens is 442 g/mol. The lowest BCUT2D eigenvalue weighted by Gasteiger charge is -2.13. The molecule has 0 fully saturated rings. The normalized spacial score (nSPS) is 10.9. The Bertz CT molecular complexity index is 1280. The van der Waals surface area contributed by atoms with Gasteiger partial charge in [-0.2, -0.15) is 0 Å². The molecule has 33 heavy (non-hydrogen) atoms. The first-order valence-electron chi connectivity index (χ1n) is 10.3. The van der Waals surface area contributed by atoms with E-state index in [1.165, 1.54) is 36.0 Å². The Morgan fingerprint density at radius 1 is 0.909 bits per heavy atom. The van der Waals surface area contributed by atoms with E-state index in [-0.39, 0.29) is 23.3 Å². The van der Waals surface area contributed by atoms with Gasteiger partial charge in [-0.1, -0.05) is 29.5 Å². The minimum atomic E-state index is -0.368. The molecule has 0 aliphatic heterocycles. The van der Waals surface area contributed by atoms with Gasteiger partial charge in [-0.15, -0.1) is 10.2 Å². The van der Waals surface area contributed by atoms with Crippen LogP contribution in [0.3, 0.4) is 0 Å². The molecule has 0 spiro atoms. The predicted molar refractivity (Wildman–Crippen MR) is 127 cm³/mol. The van der Waals surface area contributed by atoms with E-state index in [2.05, 4.69) is 15.5 Å². The van der Waals surface area contributed by atoms with Crippen molar-refractivity contribution in [2.24, 2.45) is 0 Å². The molecule has 4 rings (SSSR count). The molecule has 0 radical (unpaired) electrons. The van der Waals surface area contributed by atoms with Crippen LogP contribution in [-0.4, -0.2) is 26.4 Å². The smallest absolute Gasteiger partial charge is 0.234 e. The summed E-state index contributed by atoms with van der Waals surface area (Å²) in [6.07, 6.45) is 0. The fourth-order valence-corrected chi connectivity index (χ4v) is 4.41. The van der Waals surface area contributed by atoms with Gasteiger partial charge in [0.25, 0.3) is 0 Å². The molecular formula is C25H22F2N4OS. The SMILES string of the molecule is Cc1cc(C)c(NC(=O)CSc2nnc(-c3ccc(F)cc3)n2-c2ccc(F)cc2)c(C)c1. The highest BCUT2D eigenvalue weighted by Crippen LogP contribution is 2.29. The maximum Gasteiger partial charge on any atom is 0.234 e. The number of anilines is 1. The lowest BCUT2D eigenvalue weighted by molar-refractivity contribution is -0.113. The zero-order valence-electron chi connectivity index (χ0n) is 18.4. The predicted octanol–water partition coefficient (Wildman–Crippen LogP) is 5.87. The van der Waals surface area contributed by atoms with E-state index in [9.17, 15) is 13.6 Å². The lowest BCUT2D eigenvalue weighted by Crippen LogP contribution is -2.16. The number of carbonyl (C=O) groups excluding carboxylic acids is 1. The van der Waals surface area contributed by atoms with Crippen LogP contribution in [0, 0.1) is 32.4 Å². The van der Waals surface area contributed by atoms with E-state index in [0.29, 0.717) is 22.2 Å². The topological polar surface area (TPSA) is 59.8 Å². The van der Waals surface area contributed by atoms with Crippen molar-refractivity contribution in [2.75, 3.05) is 11.1 Å². The van der Waals surface area contributed by atoms with Crippen molar-refractivity contribution < 1.29 is 13.6 Å². The number of hydrogen-bond donors (Lipinski definition) is 1. The number of thioether (sulfide) groups is 1. The maximum absolute atomic E-state index is 13.5. The molecule has 0 atom stereocenters. The summed E-state index contributed by atoms with van der Waals surface area (Å²) in [7, 11) is 0. The van der Waals surface area contributed by atoms with Crippen molar-refractivity contribution in [1.29, 1.82) is 0 Å². The van der Waals surface area contributed by atoms with Crippen molar-refractivity contribution in [1.82, 2.24) is 14.8 Å². The molecule has 0 aliphatic rings. The van der Waals surface area contributed by atoms with Crippen molar-refractivity contribution in [3.05, 3.63) is 89.0 Å². The number of hydrogen-bond acceptors (Lipinski definition) is 4. The molecule has 8 heteroatoms. The van der Waals surface area contributed by atoms with E-state index in [4.69, 9.17) is 0 Å². The zero-order chi connectivity index (χ0) is 23.5. The largest absolute Gasteiger partial charge is 0.325 e. The highest BCUT2D eigenvalue weighted by molar-refractivity contribution is 7.99.